The summed E-state index contributed by atoms with van der Waals surface area (Å²) in [6.45, 7) is 13.3. The summed E-state index contributed by atoms with van der Waals surface area (Å²) in [5.41, 5.74) is 8.34. The first-order valence-corrected chi connectivity index (χ1v) is 17.6. The van der Waals surface area contributed by atoms with Crippen LogP contribution in [0.25, 0.3) is 0 Å². The Balaban J connectivity index is 1.34. The number of aryl methyl sites for hydroxylation is 2. The van der Waals surface area contributed by atoms with Crippen LogP contribution in [-0.4, -0.2) is 35.5 Å². The summed E-state index contributed by atoms with van der Waals surface area (Å²) in [7, 11) is 0. The molecule has 0 radical (unpaired) electrons. The van der Waals surface area contributed by atoms with Crippen LogP contribution in [0.3, 0.4) is 0 Å². The number of carbonyl (C=O) groups excluding carboxylic acids is 3. The molecule has 1 aliphatic heterocycles. The molecule has 3 aliphatic rings. The van der Waals surface area contributed by atoms with Gasteiger partial charge in [0.15, 0.2) is 18.2 Å². The number of nitrogens with one attached hydrogen (secondary N) is 1. The van der Waals surface area contributed by atoms with Gasteiger partial charge in [0, 0.05) is 53.5 Å². The van der Waals surface area contributed by atoms with Crippen molar-refractivity contribution in [1.82, 2.24) is 4.90 Å². The molecule has 1 amide bonds. The Morgan fingerprint density at radius 1 is 0.833 bits per heavy atom. The van der Waals surface area contributed by atoms with Gasteiger partial charge in [-0.3, -0.25) is 14.4 Å². The monoisotopic (exact) mass is 708 g/mol. The highest BCUT2D eigenvalue weighted by atomic mass is 79.9. The van der Waals surface area contributed by atoms with E-state index < -0.39 is 5.92 Å². The number of hydrogen-bond donors (Lipinski definition) is 1. The Morgan fingerprint density at radius 2 is 1.46 bits per heavy atom. The number of ether oxygens (including phenoxy) is 1. The third kappa shape index (κ3) is 7.07. The zero-order valence-electron chi connectivity index (χ0n) is 28.8. The average Bonchev–Trinajstić information content (AvgIpc) is 3.00. The number of halogens is 1. The van der Waals surface area contributed by atoms with Crippen LogP contribution in [0, 0.1) is 24.7 Å². The molecule has 3 aromatic rings. The highest BCUT2D eigenvalue weighted by Crippen LogP contribution is 2.54. The molecule has 0 aromatic heterocycles. The van der Waals surface area contributed by atoms with Gasteiger partial charge in [0.05, 0.1) is 4.47 Å². The van der Waals surface area contributed by atoms with Crippen molar-refractivity contribution in [3.8, 4) is 5.75 Å². The molecule has 3 aromatic carbocycles. The quantitative estimate of drug-likeness (QED) is 0.253. The summed E-state index contributed by atoms with van der Waals surface area (Å²) >= 11 is 3.68. The molecular weight excluding hydrogens is 664 g/mol. The van der Waals surface area contributed by atoms with E-state index in [4.69, 9.17) is 4.74 Å². The standard InChI is InChI=1S/C41H45BrN2O4/c1-25-12-14-29(18-26(25)2)43-36(47)24-48-35-15-13-28(19-30(35)42)37-38-31(20-40(3,4)22-33(38)45)44(17-16-27-10-8-7-9-11-27)32-21-41(5,6)23-34(46)39(32)37/h7-15,18-19,37H,16-17,20-24H2,1-6H3,(H,43,47). The Morgan fingerprint density at radius 3 is 2.04 bits per heavy atom. The predicted octanol–water partition coefficient (Wildman–Crippen LogP) is 9.01. The van der Waals surface area contributed by atoms with E-state index in [0.717, 1.165) is 64.2 Å². The lowest BCUT2D eigenvalue weighted by Gasteiger charge is -2.49. The maximum absolute atomic E-state index is 14.2. The van der Waals surface area contributed by atoms with Crippen molar-refractivity contribution >= 4 is 39.1 Å². The van der Waals surface area contributed by atoms with Crippen LogP contribution < -0.4 is 10.1 Å². The first kappa shape index (κ1) is 33.9. The summed E-state index contributed by atoms with van der Waals surface area (Å²) in [4.78, 5) is 43.4. The van der Waals surface area contributed by atoms with Crippen LogP contribution in [0.1, 0.15) is 81.5 Å². The fraction of sp³-hybridized carbons (Fsp3) is 0.390. The number of allylic oxidation sites excluding steroid dienone is 4. The van der Waals surface area contributed by atoms with Crippen molar-refractivity contribution in [2.24, 2.45) is 10.8 Å². The molecule has 0 saturated carbocycles. The summed E-state index contributed by atoms with van der Waals surface area (Å²) < 4.78 is 6.61. The largest absolute Gasteiger partial charge is 0.483 e. The molecule has 1 heterocycles. The molecular formula is C41H45BrN2O4. The van der Waals surface area contributed by atoms with Gasteiger partial charge in [0.2, 0.25) is 0 Å². The number of ketones is 2. The number of anilines is 1. The Labute approximate surface area is 292 Å². The number of carbonyl (C=O) groups is 3. The molecule has 0 bridgehead atoms. The summed E-state index contributed by atoms with van der Waals surface area (Å²) in [5, 5.41) is 2.90. The van der Waals surface area contributed by atoms with E-state index in [0.29, 0.717) is 29.6 Å². The molecule has 2 aliphatic carbocycles. The van der Waals surface area contributed by atoms with Gasteiger partial charge in [-0.25, -0.2) is 0 Å². The van der Waals surface area contributed by atoms with Crippen LogP contribution in [0.5, 0.6) is 5.75 Å². The van der Waals surface area contributed by atoms with Crippen LogP contribution in [0.4, 0.5) is 5.69 Å². The lowest BCUT2D eigenvalue weighted by Crippen LogP contribution is -2.45. The SMILES string of the molecule is Cc1ccc(NC(=O)COc2ccc(C3C4=C(CC(C)(C)CC4=O)N(CCc4ccccc4)C4=C3C(=O)CC(C)(C)C4)cc2Br)cc1C. The molecule has 250 valence electrons. The predicted molar refractivity (Wildman–Crippen MR) is 194 cm³/mol. The van der Waals surface area contributed by atoms with E-state index in [1.165, 1.54) is 5.56 Å². The van der Waals surface area contributed by atoms with E-state index in [9.17, 15) is 14.4 Å². The molecule has 0 spiro atoms. The zero-order valence-corrected chi connectivity index (χ0v) is 30.4. The number of Topliss-reactive ketones (excluding diaryl/α,β-unsaturated/α-hetero) is 2. The Hall–Kier alpha value is -3.97. The highest BCUT2D eigenvalue weighted by Gasteiger charge is 2.49. The van der Waals surface area contributed by atoms with E-state index in [2.05, 4.69) is 78.1 Å². The van der Waals surface area contributed by atoms with Gasteiger partial charge in [0.25, 0.3) is 5.91 Å². The first-order valence-electron chi connectivity index (χ1n) is 16.8. The van der Waals surface area contributed by atoms with E-state index in [1.807, 2.05) is 56.3 Å². The maximum Gasteiger partial charge on any atom is 0.262 e. The van der Waals surface area contributed by atoms with Gasteiger partial charge >= 0.3 is 0 Å². The van der Waals surface area contributed by atoms with Crippen LogP contribution in [-0.2, 0) is 20.8 Å². The maximum atomic E-state index is 14.2. The Bertz CT molecular complexity index is 1800. The number of hydrogen-bond acceptors (Lipinski definition) is 5. The van der Waals surface area contributed by atoms with Crippen LogP contribution >= 0.6 is 15.9 Å². The molecule has 0 saturated heterocycles. The smallest absolute Gasteiger partial charge is 0.262 e. The summed E-state index contributed by atoms with van der Waals surface area (Å²) in [5.74, 6) is 0.0326. The molecule has 6 rings (SSSR count). The molecule has 0 unspecified atom stereocenters. The molecule has 0 atom stereocenters. The fourth-order valence-corrected chi connectivity index (χ4v) is 8.02. The van der Waals surface area contributed by atoms with Crippen molar-refractivity contribution < 1.29 is 19.1 Å². The van der Waals surface area contributed by atoms with Gasteiger partial charge in [-0.1, -0.05) is 70.2 Å². The normalized spacial score (nSPS) is 18.9. The van der Waals surface area contributed by atoms with Crippen molar-refractivity contribution in [2.75, 3.05) is 18.5 Å². The molecule has 6 nitrogen and oxygen atoms in total. The molecule has 7 heteroatoms. The van der Waals surface area contributed by atoms with Crippen molar-refractivity contribution in [3.63, 3.8) is 0 Å². The van der Waals surface area contributed by atoms with Crippen LogP contribution in [0.2, 0.25) is 0 Å². The van der Waals surface area contributed by atoms with E-state index in [1.54, 1.807) is 0 Å². The third-order valence-electron chi connectivity index (χ3n) is 9.93. The number of nitrogens with zero attached hydrogens (tertiary/aromatic N) is 1. The van der Waals surface area contributed by atoms with Gasteiger partial charge < -0.3 is 15.0 Å². The van der Waals surface area contributed by atoms with Gasteiger partial charge in [-0.2, -0.15) is 0 Å². The Kier molecular flexibility index (Phi) is 9.29. The zero-order chi connectivity index (χ0) is 34.4. The average molecular weight is 710 g/mol. The minimum absolute atomic E-state index is 0.111. The minimum atomic E-state index is -0.450. The molecule has 0 fully saturated rings. The van der Waals surface area contributed by atoms with Crippen molar-refractivity contribution in [3.05, 3.63) is 116 Å². The minimum Gasteiger partial charge on any atom is -0.483 e. The highest BCUT2D eigenvalue weighted by molar-refractivity contribution is 9.10. The molecule has 48 heavy (non-hydrogen) atoms. The fourth-order valence-electron chi connectivity index (χ4n) is 7.51. The number of amides is 1. The van der Waals surface area contributed by atoms with Gasteiger partial charge in [0.1, 0.15) is 5.75 Å². The second-order valence-corrected chi connectivity index (χ2v) is 16.1. The lowest BCUT2D eigenvalue weighted by atomic mass is 9.63. The lowest BCUT2D eigenvalue weighted by molar-refractivity contribution is -0.120. The van der Waals surface area contributed by atoms with Crippen LogP contribution in [0.15, 0.2) is 93.7 Å². The third-order valence-corrected chi connectivity index (χ3v) is 10.5. The second-order valence-electron chi connectivity index (χ2n) is 15.2. The second kappa shape index (κ2) is 13.1. The summed E-state index contributed by atoms with van der Waals surface area (Å²) in [6, 6.07) is 21.9. The topological polar surface area (TPSA) is 75.7 Å². The van der Waals surface area contributed by atoms with Crippen molar-refractivity contribution in [1.29, 1.82) is 0 Å². The number of rotatable bonds is 8. The number of benzene rings is 3. The van der Waals surface area contributed by atoms with E-state index >= 15 is 0 Å². The summed E-state index contributed by atoms with van der Waals surface area (Å²) in [6.07, 6.45) is 3.23. The van der Waals surface area contributed by atoms with Crippen molar-refractivity contribution in [2.45, 2.75) is 79.6 Å². The van der Waals surface area contributed by atoms with E-state index in [-0.39, 0.29) is 34.9 Å². The van der Waals surface area contributed by atoms with Gasteiger partial charge in [-0.15, -0.1) is 0 Å². The van der Waals surface area contributed by atoms with Gasteiger partial charge in [-0.05, 0) is 106 Å². The molecule has 1 N–H and O–H groups in total. The first-order chi connectivity index (χ1) is 22.7.